The Morgan fingerprint density at radius 2 is 1.76 bits per heavy atom. The van der Waals surface area contributed by atoms with Gasteiger partial charge in [0.1, 0.15) is 5.58 Å². The van der Waals surface area contributed by atoms with E-state index in [1.54, 1.807) is 35.6 Å². The van der Waals surface area contributed by atoms with E-state index in [2.05, 4.69) is 0 Å². The molecular formula is C17H9ClF3NO3. The molecule has 0 saturated carbocycles. The maximum Gasteiger partial charge on any atom is 0.471 e. The van der Waals surface area contributed by atoms with E-state index < -0.39 is 17.7 Å². The lowest BCUT2D eigenvalue weighted by atomic mass is 10.1. The Labute approximate surface area is 143 Å². The number of benzene rings is 2. The lowest BCUT2D eigenvalue weighted by Crippen LogP contribution is -2.29. The minimum atomic E-state index is -5.01. The molecule has 2 aromatic carbocycles. The van der Waals surface area contributed by atoms with Crippen LogP contribution in [0.1, 0.15) is 0 Å². The number of carbonyl (C=O) groups is 1. The molecule has 4 nitrogen and oxygen atoms in total. The van der Waals surface area contributed by atoms with E-state index >= 15 is 0 Å². The van der Waals surface area contributed by atoms with Gasteiger partial charge in [-0.05, 0) is 24.3 Å². The number of anilines is 1. The van der Waals surface area contributed by atoms with Gasteiger partial charge in [0.2, 0.25) is 0 Å². The molecule has 0 atom stereocenters. The standard InChI is InChI=1S/C17H9ClF3NO3/c18-13-8-10(22-16(24)17(19,20)21)5-6-11(13)12-7-9-3-1-2-4-14(9)25-15(12)23/h1-8H,(H,22,24). The Morgan fingerprint density at radius 3 is 2.44 bits per heavy atom. The highest BCUT2D eigenvalue weighted by molar-refractivity contribution is 6.33. The third-order valence-electron chi connectivity index (χ3n) is 3.42. The molecule has 0 fully saturated rings. The second kappa shape index (κ2) is 6.25. The Hall–Kier alpha value is -2.80. The van der Waals surface area contributed by atoms with Crippen LogP contribution in [0, 0.1) is 0 Å². The molecule has 1 aromatic heterocycles. The number of para-hydroxylation sites is 1. The Balaban J connectivity index is 2.00. The lowest BCUT2D eigenvalue weighted by molar-refractivity contribution is -0.167. The number of hydrogen-bond donors (Lipinski definition) is 1. The average molecular weight is 368 g/mol. The van der Waals surface area contributed by atoms with Crippen molar-refractivity contribution in [2.75, 3.05) is 5.32 Å². The summed E-state index contributed by atoms with van der Waals surface area (Å²) in [5.41, 5.74) is 0.0823. The van der Waals surface area contributed by atoms with E-state index in [-0.39, 0.29) is 21.8 Å². The molecule has 128 valence electrons. The van der Waals surface area contributed by atoms with Crippen molar-refractivity contribution in [2.24, 2.45) is 0 Å². The van der Waals surface area contributed by atoms with E-state index in [1.165, 1.54) is 12.1 Å². The zero-order valence-corrected chi connectivity index (χ0v) is 13.1. The number of alkyl halides is 3. The van der Waals surface area contributed by atoms with Crippen LogP contribution in [-0.4, -0.2) is 12.1 Å². The van der Waals surface area contributed by atoms with Crippen LogP contribution in [0.5, 0.6) is 0 Å². The first-order valence-electron chi connectivity index (χ1n) is 6.97. The summed E-state index contributed by atoms with van der Waals surface area (Å²) in [6.45, 7) is 0. The van der Waals surface area contributed by atoms with Gasteiger partial charge in [0.05, 0.1) is 10.6 Å². The van der Waals surface area contributed by atoms with Gasteiger partial charge in [-0.3, -0.25) is 4.79 Å². The van der Waals surface area contributed by atoms with Gasteiger partial charge in [-0.2, -0.15) is 13.2 Å². The molecule has 3 aromatic rings. The summed E-state index contributed by atoms with van der Waals surface area (Å²) in [6.07, 6.45) is -5.01. The number of nitrogens with one attached hydrogen (secondary N) is 1. The highest BCUT2D eigenvalue weighted by Crippen LogP contribution is 2.30. The van der Waals surface area contributed by atoms with Crippen LogP contribution in [0.25, 0.3) is 22.1 Å². The third kappa shape index (κ3) is 3.51. The first-order chi connectivity index (χ1) is 11.8. The molecule has 3 rings (SSSR count). The van der Waals surface area contributed by atoms with Crippen LogP contribution in [0.15, 0.2) is 57.7 Å². The molecule has 1 heterocycles. The van der Waals surface area contributed by atoms with E-state index in [4.69, 9.17) is 16.0 Å². The smallest absolute Gasteiger partial charge is 0.422 e. The van der Waals surface area contributed by atoms with E-state index in [1.807, 2.05) is 0 Å². The Bertz CT molecular complexity index is 1030. The van der Waals surface area contributed by atoms with Crippen molar-refractivity contribution >= 4 is 34.2 Å². The van der Waals surface area contributed by atoms with Crippen LogP contribution in [0.2, 0.25) is 5.02 Å². The normalized spacial score (nSPS) is 11.5. The van der Waals surface area contributed by atoms with Gasteiger partial charge in [-0.15, -0.1) is 0 Å². The van der Waals surface area contributed by atoms with Gasteiger partial charge < -0.3 is 9.73 Å². The summed E-state index contributed by atoms with van der Waals surface area (Å²) in [6, 6.07) is 12.1. The highest BCUT2D eigenvalue weighted by atomic mass is 35.5. The summed E-state index contributed by atoms with van der Waals surface area (Å²) in [7, 11) is 0. The van der Waals surface area contributed by atoms with Crippen molar-refractivity contribution in [3.63, 3.8) is 0 Å². The van der Waals surface area contributed by atoms with Gasteiger partial charge in [-0.25, -0.2) is 4.79 Å². The maximum absolute atomic E-state index is 12.3. The molecule has 1 amide bonds. The van der Waals surface area contributed by atoms with Crippen molar-refractivity contribution in [3.05, 3.63) is 64.0 Å². The highest BCUT2D eigenvalue weighted by Gasteiger charge is 2.38. The van der Waals surface area contributed by atoms with Gasteiger partial charge in [0.15, 0.2) is 0 Å². The van der Waals surface area contributed by atoms with Crippen molar-refractivity contribution in [1.29, 1.82) is 0 Å². The number of hydrogen-bond acceptors (Lipinski definition) is 3. The molecular weight excluding hydrogens is 359 g/mol. The Morgan fingerprint density at radius 1 is 1.04 bits per heavy atom. The van der Waals surface area contributed by atoms with E-state index in [0.29, 0.717) is 11.0 Å². The SMILES string of the molecule is O=C(Nc1ccc(-c2cc3ccccc3oc2=O)c(Cl)c1)C(F)(F)F. The van der Waals surface area contributed by atoms with Gasteiger partial charge in [0.25, 0.3) is 0 Å². The van der Waals surface area contributed by atoms with E-state index in [0.717, 1.165) is 6.07 Å². The van der Waals surface area contributed by atoms with Crippen molar-refractivity contribution < 1.29 is 22.4 Å². The molecule has 8 heteroatoms. The number of rotatable bonds is 2. The molecule has 0 spiro atoms. The molecule has 0 aliphatic heterocycles. The van der Waals surface area contributed by atoms with Crippen LogP contribution in [-0.2, 0) is 4.79 Å². The largest absolute Gasteiger partial charge is 0.471 e. The van der Waals surface area contributed by atoms with Gasteiger partial charge >= 0.3 is 17.7 Å². The lowest BCUT2D eigenvalue weighted by Gasteiger charge is -2.10. The molecule has 25 heavy (non-hydrogen) atoms. The molecule has 0 unspecified atom stereocenters. The summed E-state index contributed by atoms with van der Waals surface area (Å²) in [5, 5.41) is 2.37. The maximum atomic E-state index is 12.3. The van der Waals surface area contributed by atoms with Gasteiger partial charge in [0, 0.05) is 16.6 Å². The average Bonchev–Trinajstić information content (AvgIpc) is 2.54. The second-order valence-corrected chi connectivity index (χ2v) is 5.54. The number of carbonyl (C=O) groups excluding carboxylic acids is 1. The fourth-order valence-electron chi connectivity index (χ4n) is 2.26. The minimum absolute atomic E-state index is 0.00237. The van der Waals surface area contributed by atoms with Crippen LogP contribution >= 0.6 is 11.6 Å². The van der Waals surface area contributed by atoms with Gasteiger partial charge in [-0.1, -0.05) is 35.9 Å². The summed E-state index contributed by atoms with van der Waals surface area (Å²) < 4.78 is 42.1. The molecule has 0 radical (unpaired) electrons. The fourth-order valence-corrected chi connectivity index (χ4v) is 2.55. The molecule has 0 bridgehead atoms. The third-order valence-corrected chi connectivity index (χ3v) is 3.73. The first kappa shape index (κ1) is 17.0. The first-order valence-corrected chi connectivity index (χ1v) is 7.34. The number of halogens is 4. The molecule has 0 aliphatic rings. The summed E-state index contributed by atoms with van der Waals surface area (Å²) in [4.78, 5) is 23.1. The van der Waals surface area contributed by atoms with Crippen LogP contribution < -0.4 is 10.9 Å². The molecule has 1 N–H and O–H groups in total. The van der Waals surface area contributed by atoms with Crippen LogP contribution in [0.3, 0.4) is 0 Å². The molecule has 0 aliphatic carbocycles. The summed E-state index contributed by atoms with van der Waals surface area (Å²) in [5.74, 6) is -2.11. The Kier molecular flexibility index (Phi) is 4.26. The number of amides is 1. The quantitative estimate of drug-likeness (QED) is 0.673. The fraction of sp³-hybridized carbons (Fsp3) is 0.0588. The number of fused-ring (bicyclic) bond motifs is 1. The second-order valence-electron chi connectivity index (χ2n) is 5.13. The van der Waals surface area contributed by atoms with Crippen molar-refractivity contribution in [3.8, 4) is 11.1 Å². The van der Waals surface area contributed by atoms with Crippen molar-refractivity contribution in [2.45, 2.75) is 6.18 Å². The zero-order chi connectivity index (χ0) is 18.2. The zero-order valence-electron chi connectivity index (χ0n) is 12.4. The van der Waals surface area contributed by atoms with Crippen LogP contribution in [0.4, 0.5) is 18.9 Å². The monoisotopic (exact) mass is 367 g/mol. The summed E-state index contributed by atoms with van der Waals surface area (Å²) >= 11 is 6.07. The predicted octanol–water partition coefficient (Wildman–Crippen LogP) is 4.61. The molecule has 0 saturated heterocycles. The topological polar surface area (TPSA) is 59.3 Å². The predicted molar refractivity (Wildman–Crippen MR) is 87.6 cm³/mol. The van der Waals surface area contributed by atoms with Crippen molar-refractivity contribution in [1.82, 2.24) is 0 Å². The van der Waals surface area contributed by atoms with E-state index in [9.17, 15) is 22.8 Å². The minimum Gasteiger partial charge on any atom is -0.422 e.